The third-order valence-corrected chi connectivity index (χ3v) is 5.34. The van der Waals surface area contributed by atoms with E-state index in [1.54, 1.807) is 11.3 Å². The molecule has 3 nitrogen and oxygen atoms in total. The lowest BCUT2D eigenvalue weighted by Crippen LogP contribution is -2.36. The van der Waals surface area contributed by atoms with E-state index in [2.05, 4.69) is 10.9 Å². The number of hydrogen-bond donors (Lipinski definition) is 2. The molecule has 0 unspecified atom stereocenters. The van der Waals surface area contributed by atoms with Crippen molar-refractivity contribution in [2.75, 3.05) is 0 Å². The number of fused-ring (bicyclic) bond motifs is 1. The Morgan fingerprint density at radius 3 is 2.80 bits per heavy atom. The number of thiophene rings is 2. The molecule has 0 spiro atoms. The minimum Gasteiger partial charge on any atom is -0.286 e. The molecule has 0 bridgehead atoms. The normalized spacial score (nSPS) is 10.8. The Bertz CT molecular complexity index is 737. The van der Waals surface area contributed by atoms with E-state index in [0.29, 0.717) is 16.4 Å². The van der Waals surface area contributed by atoms with Crippen molar-refractivity contribution in [3.63, 3.8) is 0 Å². The van der Waals surface area contributed by atoms with Crippen LogP contribution in [0.1, 0.15) is 14.5 Å². The van der Waals surface area contributed by atoms with Gasteiger partial charge in [-0.05, 0) is 17.5 Å². The van der Waals surface area contributed by atoms with E-state index in [1.807, 2.05) is 41.8 Å². The van der Waals surface area contributed by atoms with Gasteiger partial charge in [0.1, 0.15) is 4.88 Å². The molecule has 102 valence electrons. The highest BCUT2D eigenvalue weighted by Crippen LogP contribution is 2.34. The van der Waals surface area contributed by atoms with Crippen LogP contribution in [-0.4, -0.2) is 5.91 Å². The molecule has 0 fully saturated rings. The van der Waals surface area contributed by atoms with Gasteiger partial charge in [0.25, 0.3) is 5.91 Å². The van der Waals surface area contributed by atoms with Gasteiger partial charge in [0.15, 0.2) is 0 Å². The Morgan fingerprint density at radius 2 is 2.05 bits per heavy atom. The summed E-state index contributed by atoms with van der Waals surface area (Å²) in [5.74, 6) is -0.201. The number of carbonyl (C=O) groups excluding carboxylic acids is 1. The van der Waals surface area contributed by atoms with Crippen LogP contribution in [0.25, 0.3) is 10.1 Å². The van der Waals surface area contributed by atoms with Crippen LogP contribution in [0, 0.1) is 0 Å². The Kier molecular flexibility index (Phi) is 4.03. The van der Waals surface area contributed by atoms with Crippen molar-refractivity contribution >= 4 is 50.3 Å². The van der Waals surface area contributed by atoms with E-state index in [4.69, 9.17) is 11.6 Å². The second-order valence-corrected chi connectivity index (χ2v) is 6.59. The first-order valence-electron chi connectivity index (χ1n) is 5.98. The summed E-state index contributed by atoms with van der Waals surface area (Å²) in [5, 5.41) is 3.44. The highest BCUT2D eigenvalue weighted by atomic mass is 35.5. The summed E-state index contributed by atoms with van der Waals surface area (Å²) >= 11 is 9.29. The fraction of sp³-hybridized carbons (Fsp3) is 0.0714. The van der Waals surface area contributed by atoms with Crippen LogP contribution < -0.4 is 10.9 Å². The van der Waals surface area contributed by atoms with E-state index in [0.717, 1.165) is 15.0 Å². The van der Waals surface area contributed by atoms with Crippen molar-refractivity contribution in [2.45, 2.75) is 6.54 Å². The Hall–Kier alpha value is -1.40. The summed E-state index contributed by atoms with van der Waals surface area (Å²) in [6.45, 7) is 0.603. The first-order chi connectivity index (χ1) is 9.75. The lowest BCUT2D eigenvalue weighted by molar-refractivity contribution is 0.0937. The SMILES string of the molecule is O=C(NNCc1cccs1)c1sc2ccccc2c1Cl. The standard InChI is InChI=1S/C14H11ClN2OS2/c15-12-10-5-1-2-6-11(10)20-13(12)14(18)17-16-8-9-4-3-7-19-9/h1-7,16H,8H2,(H,17,18). The zero-order chi connectivity index (χ0) is 13.9. The average molecular weight is 323 g/mol. The van der Waals surface area contributed by atoms with Gasteiger partial charge in [-0.15, -0.1) is 22.7 Å². The summed E-state index contributed by atoms with van der Waals surface area (Å²) in [6.07, 6.45) is 0. The number of nitrogens with one attached hydrogen (secondary N) is 2. The smallest absolute Gasteiger partial charge is 0.277 e. The second kappa shape index (κ2) is 5.93. The first-order valence-corrected chi connectivity index (χ1v) is 8.06. The van der Waals surface area contributed by atoms with Crippen molar-refractivity contribution in [1.29, 1.82) is 0 Å². The van der Waals surface area contributed by atoms with Gasteiger partial charge in [-0.2, -0.15) is 0 Å². The van der Waals surface area contributed by atoms with Crippen LogP contribution in [0.4, 0.5) is 0 Å². The minimum atomic E-state index is -0.201. The molecule has 3 rings (SSSR count). The van der Waals surface area contributed by atoms with Gasteiger partial charge in [-0.3, -0.25) is 10.2 Å². The first kappa shape index (κ1) is 13.6. The molecule has 0 radical (unpaired) electrons. The predicted octanol–water partition coefficient (Wildman–Crippen LogP) is 4.05. The number of rotatable bonds is 4. The van der Waals surface area contributed by atoms with Gasteiger partial charge < -0.3 is 0 Å². The molecule has 2 N–H and O–H groups in total. The Morgan fingerprint density at radius 1 is 1.20 bits per heavy atom. The predicted molar refractivity (Wildman–Crippen MR) is 85.5 cm³/mol. The molecule has 0 saturated carbocycles. The summed E-state index contributed by atoms with van der Waals surface area (Å²) < 4.78 is 1.01. The van der Waals surface area contributed by atoms with Crippen LogP contribution in [-0.2, 0) is 6.54 Å². The van der Waals surface area contributed by atoms with E-state index < -0.39 is 0 Å². The quantitative estimate of drug-likeness (QED) is 0.711. The molecule has 0 aliphatic rings. The van der Waals surface area contributed by atoms with Gasteiger partial charge in [0.2, 0.25) is 0 Å². The highest BCUT2D eigenvalue weighted by Gasteiger charge is 2.16. The Balaban J connectivity index is 1.71. The largest absolute Gasteiger partial charge is 0.286 e. The average Bonchev–Trinajstić information content (AvgIpc) is 3.08. The van der Waals surface area contributed by atoms with Crippen molar-refractivity contribution in [3.05, 3.63) is 56.6 Å². The molecule has 1 aromatic carbocycles. The third-order valence-electron chi connectivity index (χ3n) is 2.79. The molecule has 3 aromatic rings. The van der Waals surface area contributed by atoms with Gasteiger partial charge in [0, 0.05) is 21.5 Å². The molecule has 0 atom stereocenters. The van der Waals surface area contributed by atoms with Crippen molar-refractivity contribution in [3.8, 4) is 0 Å². The van der Waals surface area contributed by atoms with Crippen molar-refractivity contribution < 1.29 is 4.79 Å². The van der Waals surface area contributed by atoms with Gasteiger partial charge in [-0.1, -0.05) is 35.9 Å². The van der Waals surface area contributed by atoms with Gasteiger partial charge in [-0.25, -0.2) is 5.43 Å². The number of hydrazine groups is 1. The Labute approximate surface area is 129 Å². The maximum absolute atomic E-state index is 12.1. The van der Waals surface area contributed by atoms with E-state index in [1.165, 1.54) is 11.3 Å². The maximum atomic E-state index is 12.1. The lowest BCUT2D eigenvalue weighted by Gasteiger charge is -2.04. The summed E-state index contributed by atoms with van der Waals surface area (Å²) in [7, 11) is 0. The van der Waals surface area contributed by atoms with Crippen LogP contribution in [0.15, 0.2) is 41.8 Å². The molecule has 2 aromatic heterocycles. The van der Waals surface area contributed by atoms with E-state index >= 15 is 0 Å². The molecule has 0 aliphatic heterocycles. The van der Waals surface area contributed by atoms with E-state index in [9.17, 15) is 4.79 Å². The topological polar surface area (TPSA) is 41.1 Å². The van der Waals surface area contributed by atoms with Gasteiger partial charge in [0.05, 0.1) is 5.02 Å². The lowest BCUT2D eigenvalue weighted by atomic mass is 10.2. The van der Waals surface area contributed by atoms with Crippen LogP contribution in [0.5, 0.6) is 0 Å². The molecule has 6 heteroatoms. The maximum Gasteiger partial charge on any atom is 0.277 e. The summed E-state index contributed by atoms with van der Waals surface area (Å²) in [4.78, 5) is 13.8. The van der Waals surface area contributed by atoms with Crippen LogP contribution >= 0.6 is 34.3 Å². The molecule has 2 heterocycles. The van der Waals surface area contributed by atoms with Crippen LogP contribution in [0.2, 0.25) is 5.02 Å². The third kappa shape index (κ3) is 2.71. The highest BCUT2D eigenvalue weighted by molar-refractivity contribution is 7.21. The number of halogens is 1. The monoisotopic (exact) mass is 322 g/mol. The summed E-state index contributed by atoms with van der Waals surface area (Å²) in [5.41, 5.74) is 5.60. The zero-order valence-corrected chi connectivity index (χ0v) is 12.7. The van der Waals surface area contributed by atoms with Gasteiger partial charge >= 0.3 is 0 Å². The molecule has 0 aliphatic carbocycles. The zero-order valence-electron chi connectivity index (χ0n) is 10.4. The fourth-order valence-corrected chi connectivity index (χ4v) is 3.90. The number of carbonyl (C=O) groups is 1. The van der Waals surface area contributed by atoms with Crippen molar-refractivity contribution in [1.82, 2.24) is 10.9 Å². The minimum absolute atomic E-state index is 0.201. The number of hydrogen-bond acceptors (Lipinski definition) is 4. The number of benzene rings is 1. The number of amides is 1. The second-order valence-electron chi connectivity index (χ2n) is 4.13. The molecule has 0 saturated heterocycles. The van der Waals surface area contributed by atoms with Crippen LogP contribution in [0.3, 0.4) is 0 Å². The molecular formula is C14H11ClN2OS2. The molecule has 20 heavy (non-hydrogen) atoms. The summed E-state index contributed by atoms with van der Waals surface area (Å²) in [6, 6.07) is 11.7. The van der Waals surface area contributed by atoms with Crippen molar-refractivity contribution in [2.24, 2.45) is 0 Å². The molecular weight excluding hydrogens is 312 g/mol. The van der Waals surface area contributed by atoms with E-state index in [-0.39, 0.29) is 5.91 Å². The molecule has 1 amide bonds. The fourth-order valence-electron chi connectivity index (χ4n) is 1.84.